The van der Waals surface area contributed by atoms with Crippen LogP contribution in [0.4, 0.5) is 0 Å². The van der Waals surface area contributed by atoms with Crippen LogP contribution in [-0.2, 0) is 0 Å². The molecule has 0 amide bonds. The highest BCUT2D eigenvalue weighted by atomic mass is 32.1. The largest absolute Gasteiger partial charge is 0.491 e. The minimum atomic E-state index is 0.150. The quantitative estimate of drug-likeness (QED) is 0.690. The van der Waals surface area contributed by atoms with E-state index in [9.17, 15) is 0 Å². The molecule has 2 aromatic rings. The fourth-order valence-electron chi connectivity index (χ4n) is 1.57. The summed E-state index contributed by atoms with van der Waals surface area (Å²) in [6.07, 6.45) is 1.88. The average molecular weight is 276 g/mol. The van der Waals surface area contributed by atoms with Crippen LogP contribution >= 0.6 is 12.2 Å². The Kier molecular flexibility index (Phi) is 4.11. The first-order chi connectivity index (χ1) is 9.06. The smallest absolute Gasteiger partial charge is 0.216 e. The number of aromatic amines is 1. The fourth-order valence-corrected chi connectivity index (χ4v) is 1.80. The Bertz CT molecular complexity index is 642. The van der Waals surface area contributed by atoms with E-state index in [1.807, 2.05) is 45.0 Å². The van der Waals surface area contributed by atoms with Crippen molar-refractivity contribution in [3.63, 3.8) is 0 Å². The molecule has 0 spiro atoms. The minimum Gasteiger partial charge on any atom is -0.491 e. The van der Waals surface area contributed by atoms with Crippen LogP contribution in [0.25, 0.3) is 0 Å². The summed E-state index contributed by atoms with van der Waals surface area (Å²) in [6, 6.07) is 7.74. The molecular weight excluding hydrogens is 260 g/mol. The van der Waals surface area contributed by atoms with Crippen molar-refractivity contribution in [1.82, 2.24) is 14.9 Å². The molecule has 0 fully saturated rings. The highest BCUT2D eigenvalue weighted by Crippen LogP contribution is 2.13. The number of aromatic nitrogens is 3. The molecule has 5 nitrogen and oxygen atoms in total. The van der Waals surface area contributed by atoms with Crippen LogP contribution in [0.15, 0.2) is 29.4 Å². The highest BCUT2D eigenvalue weighted by Gasteiger charge is 1.99. The monoisotopic (exact) mass is 276 g/mol. The summed E-state index contributed by atoms with van der Waals surface area (Å²) < 4.78 is 7.68. The summed E-state index contributed by atoms with van der Waals surface area (Å²) in [6.45, 7) is 5.83. The maximum Gasteiger partial charge on any atom is 0.216 e. The molecule has 0 saturated carbocycles. The molecule has 1 aromatic carbocycles. The summed E-state index contributed by atoms with van der Waals surface area (Å²) in [5.41, 5.74) is 0.945. The van der Waals surface area contributed by atoms with E-state index in [0.29, 0.717) is 4.77 Å². The third-order valence-electron chi connectivity index (χ3n) is 2.36. The Morgan fingerprint density at radius 1 is 1.47 bits per heavy atom. The second-order valence-electron chi connectivity index (χ2n) is 4.37. The summed E-state index contributed by atoms with van der Waals surface area (Å²) in [4.78, 5) is 0. The molecular formula is C13H16N4OS. The predicted octanol–water partition coefficient (Wildman–Crippen LogP) is 2.92. The first kappa shape index (κ1) is 13.5. The van der Waals surface area contributed by atoms with Gasteiger partial charge in [0.05, 0.1) is 12.3 Å². The van der Waals surface area contributed by atoms with Crippen LogP contribution in [-0.4, -0.2) is 27.2 Å². The zero-order valence-electron chi connectivity index (χ0n) is 11.1. The molecule has 2 rings (SSSR count). The Balaban J connectivity index is 2.22. The van der Waals surface area contributed by atoms with Crippen molar-refractivity contribution >= 4 is 18.4 Å². The van der Waals surface area contributed by atoms with Gasteiger partial charge in [0.1, 0.15) is 11.6 Å². The van der Waals surface area contributed by atoms with Crippen molar-refractivity contribution in [3.05, 3.63) is 40.4 Å². The molecule has 0 aliphatic rings. The molecule has 19 heavy (non-hydrogen) atoms. The molecule has 0 unspecified atom stereocenters. The Morgan fingerprint density at radius 2 is 2.26 bits per heavy atom. The number of ether oxygens (including phenoxy) is 1. The third kappa shape index (κ3) is 3.51. The second-order valence-corrected chi connectivity index (χ2v) is 4.76. The summed E-state index contributed by atoms with van der Waals surface area (Å²) in [7, 11) is 0. The van der Waals surface area contributed by atoms with E-state index in [1.165, 1.54) is 0 Å². The van der Waals surface area contributed by atoms with Crippen molar-refractivity contribution in [2.45, 2.75) is 26.9 Å². The average Bonchev–Trinajstić information content (AvgIpc) is 2.66. The summed E-state index contributed by atoms with van der Waals surface area (Å²) in [5.74, 6) is 1.54. The predicted molar refractivity (Wildman–Crippen MR) is 77.3 cm³/mol. The third-order valence-corrected chi connectivity index (χ3v) is 2.63. The molecule has 0 aliphatic carbocycles. The molecule has 0 aliphatic heterocycles. The van der Waals surface area contributed by atoms with Gasteiger partial charge in [0.2, 0.25) is 4.77 Å². The lowest BCUT2D eigenvalue weighted by molar-refractivity contribution is 0.242. The van der Waals surface area contributed by atoms with Gasteiger partial charge in [-0.2, -0.15) is 14.9 Å². The molecule has 0 radical (unpaired) electrons. The second kappa shape index (κ2) is 5.79. The van der Waals surface area contributed by atoms with Crippen LogP contribution in [0.2, 0.25) is 0 Å². The molecule has 0 bridgehead atoms. The lowest BCUT2D eigenvalue weighted by Crippen LogP contribution is -2.05. The van der Waals surface area contributed by atoms with E-state index in [0.717, 1.165) is 17.1 Å². The van der Waals surface area contributed by atoms with Crippen molar-refractivity contribution in [1.29, 1.82) is 0 Å². The van der Waals surface area contributed by atoms with Gasteiger partial charge in [-0.3, -0.25) is 5.10 Å². The van der Waals surface area contributed by atoms with Crippen molar-refractivity contribution in [3.8, 4) is 5.75 Å². The molecule has 1 heterocycles. The highest BCUT2D eigenvalue weighted by molar-refractivity contribution is 7.71. The van der Waals surface area contributed by atoms with Gasteiger partial charge in [0.25, 0.3) is 0 Å². The van der Waals surface area contributed by atoms with Gasteiger partial charge in [-0.15, -0.1) is 0 Å². The maximum absolute atomic E-state index is 5.63. The van der Waals surface area contributed by atoms with Crippen LogP contribution in [0, 0.1) is 11.7 Å². The minimum absolute atomic E-state index is 0.150. The van der Waals surface area contributed by atoms with E-state index in [1.54, 1.807) is 10.9 Å². The Hall–Kier alpha value is -1.95. The van der Waals surface area contributed by atoms with Crippen LogP contribution in [0.3, 0.4) is 0 Å². The molecule has 6 heteroatoms. The summed E-state index contributed by atoms with van der Waals surface area (Å²) in [5, 5.41) is 11.0. The van der Waals surface area contributed by atoms with Gasteiger partial charge >= 0.3 is 0 Å². The van der Waals surface area contributed by atoms with E-state index in [4.69, 9.17) is 17.0 Å². The molecule has 0 atom stereocenters. The number of hydrogen-bond acceptors (Lipinski definition) is 4. The fraction of sp³-hybridized carbons (Fsp3) is 0.308. The first-order valence-electron chi connectivity index (χ1n) is 6.01. The van der Waals surface area contributed by atoms with Crippen molar-refractivity contribution in [2.24, 2.45) is 5.10 Å². The van der Waals surface area contributed by atoms with Gasteiger partial charge in [0, 0.05) is 0 Å². The van der Waals surface area contributed by atoms with Gasteiger partial charge < -0.3 is 4.74 Å². The molecule has 1 N–H and O–H groups in total. The SMILES string of the molecule is Cc1n[nH]c(=S)n1/N=C/c1cccc(OC(C)C)c1. The topological polar surface area (TPSA) is 55.2 Å². The van der Waals surface area contributed by atoms with E-state index < -0.39 is 0 Å². The van der Waals surface area contributed by atoms with Crippen LogP contribution in [0.1, 0.15) is 25.2 Å². The number of nitrogens with zero attached hydrogens (tertiary/aromatic N) is 3. The number of rotatable bonds is 4. The zero-order valence-corrected chi connectivity index (χ0v) is 11.9. The number of hydrogen-bond donors (Lipinski definition) is 1. The lowest BCUT2D eigenvalue weighted by atomic mass is 10.2. The first-order valence-corrected chi connectivity index (χ1v) is 6.42. The van der Waals surface area contributed by atoms with E-state index in [-0.39, 0.29) is 6.10 Å². The summed E-state index contributed by atoms with van der Waals surface area (Å²) >= 11 is 5.08. The van der Waals surface area contributed by atoms with Crippen LogP contribution in [0.5, 0.6) is 5.75 Å². The van der Waals surface area contributed by atoms with Gasteiger partial charge in [0.15, 0.2) is 0 Å². The Morgan fingerprint density at radius 3 is 2.89 bits per heavy atom. The normalized spacial score (nSPS) is 11.4. The maximum atomic E-state index is 5.63. The van der Waals surface area contributed by atoms with Crippen molar-refractivity contribution < 1.29 is 4.74 Å². The number of benzene rings is 1. The van der Waals surface area contributed by atoms with E-state index in [2.05, 4.69) is 15.3 Å². The van der Waals surface area contributed by atoms with E-state index >= 15 is 0 Å². The van der Waals surface area contributed by atoms with Gasteiger partial charge in [-0.1, -0.05) is 12.1 Å². The molecule has 1 aromatic heterocycles. The standard InChI is InChI=1S/C13H16N4OS/c1-9(2)18-12-6-4-5-11(7-12)8-14-17-10(3)15-16-13(17)19/h4-9H,1-3H3,(H,16,19)/b14-8+. The van der Waals surface area contributed by atoms with Crippen molar-refractivity contribution in [2.75, 3.05) is 0 Å². The molecule has 100 valence electrons. The number of nitrogens with one attached hydrogen (secondary N) is 1. The zero-order chi connectivity index (χ0) is 13.8. The van der Waals surface area contributed by atoms with Gasteiger partial charge in [-0.05, 0) is 50.7 Å². The van der Waals surface area contributed by atoms with Crippen LogP contribution < -0.4 is 4.74 Å². The lowest BCUT2D eigenvalue weighted by Gasteiger charge is -2.09. The van der Waals surface area contributed by atoms with Gasteiger partial charge in [-0.25, -0.2) is 0 Å². The molecule has 0 saturated heterocycles. The number of aryl methyl sites for hydroxylation is 1. The number of H-pyrrole nitrogens is 1. The Labute approximate surface area is 116 Å².